The number of carbonyl (C=O) groups excluding carboxylic acids is 1. The third-order valence-electron chi connectivity index (χ3n) is 4.20. The zero-order valence-corrected chi connectivity index (χ0v) is 16.2. The molecule has 2 aromatic rings. The Labute approximate surface area is 163 Å². The van der Waals surface area contributed by atoms with E-state index in [1.165, 1.54) is 34.8 Å². The van der Waals surface area contributed by atoms with E-state index in [1.807, 2.05) is 0 Å². The van der Waals surface area contributed by atoms with Crippen LogP contribution in [0.2, 0.25) is 0 Å². The minimum Gasteiger partial charge on any atom is -0.497 e. The Morgan fingerprint density at radius 2 is 1.89 bits per heavy atom. The summed E-state index contributed by atoms with van der Waals surface area (Å²) in [5.74, 6) is 0.225. The Kier molecular flexibility index (Phi) is 6.40. The molecule has 1 aliphatic heterocycles. The van der Waals surface area contributed by atoms with Crippen LogP contribution in [-0.4, -0.2) is 58.3 Å². The zero-order valence-electron chi connectivity index (χ0n) is 15.4. The van der Waals surface area contributed by atoms with Gasteiger partial charge in [-0.1, -0.05) is 6.07 Å². The van der Waals surface area contributed by atoms with Crippen LogP contribution in [0.3, 0.4) is 0 Å². The van der Waals surface area contributed by atoms with Gasteiger partial charge in [0.25, 0.3) is 5.91 Å². The summed E-state index contributed by atoms with van der Waals surface area (Å²) in [5, 5.41) is 3.91. The number of ether oxygens (including phenoxy) is 2. The van der Waals surface area contributed by atoms with E-state index in [4.69, 9.17) is 9.47 Å². The van der Waals surface area contributed by atoms with E-state index in [1.54, 1.807) is 31.4 Å². The van der Waals surface area contributed by atoms with Gasteiger partial charge in [-0.25, -0.2) is 13.8 Å². The molecule has 0 spiro atoms. The predicted octanol–water partition coefficient (Wildman–Crippen LogP) is 1.48. The molecule has 0 radical (unpaired) electrons. The van der Waals surface area contributed by atoms with Crippen molar-refractivity contribution in [3.8, 4) is 5.75 Å². The van der Waals surface area contributed by atoms with Crippen LogP contribution in [0.1, 0.15) is 15.9 Å². The Morgan fingerprint density at radius 3 is 2.57 bits per heavy atom. The van der Waals surface area contributed by atoms with E-state index in [-0.39, 0.29) is 10.5 Å². The van der Waals surface area contributed by atoms with Crippen LogP contribution in [0.4, 0.5) is 0 Å². The van der Waals surface area contributed by atoms with Crippen molar-refractivity contribution in [3.63, 3.8) is 0 Å². The lowest BCUT2D eigenvalue weighted by molar-refractivity contribution is 0.0730. The maximum Gasteiger partial charge on any atom is 0.271 e. The monoisotopic (exact) mass is 403 g/mol. The summed E-state index contributed by atoms with van der Waals surface area (Å²) in [6.45, 7) is 1.31. The third-order valence-corrected chi connectivity index (χ3v) is 6.09. The first kappa shape index (κ1) is 20.0. The van der Waals surface area contributed by atoms with Crippen molar-refractivity contribution < 1.29 is 22.7 Å². The molecule has 8 nitrogen and oxygen atoms in total. The number of sulfonamides is 1. The van der Waals surface area contributed by atoms with Crippen molar-refractivity contribution in [1.29, 1.82) is 0 Å². The van der Waals surface area contributed by atoms with Gasteiger partial charge in [-0.2, -0.15) is 9.41 Å². The fraction of sp³-hybridized carbons (Fsp3) is 0.263. The lowest BCUT2D eigenvalue weighted by Gasteiger charge is -2.26. The van der Waals surface area contributed by atoms with Crippen molar-refractivity contribution in [1.82, 2.24) is 9.73 Å². The summed E-state index contributed by atoms with van der Waals surface area (Å²) in [4.78, 5) is 12.4. The Bertz CT molecular complexity index is 952. The maximum atomic E-state index is 12.7. The standard InChI is InChI=1S/C19H21N3O5S/c1-26-17-7-5-15(6-8-17)14-20-21-19(23)16-3-2-4-18(13-16)28(24,25)22-9-11-27-12-10-22/h2-8,13-14H,9-12H2,1H3,(H,21,23). The number of hydrogen-bond acceptors (Lipinski definition) is 6. The molecule has 28 heavy (non-hydrogen) atoms. The molecule has 1 aliphatic rings. The number of hydrogen-bond donors (Lipinski definition) is 1. The largest absolute Gasteiger partial charge is 0.497 e. The lowest BCUT2D eigenvalue weighted by atomic mass is 10.2. The topological polar surface area (TPSA) is 97.3 Å². The van der Waals surface area contributed by atoms with Crippen LogP contribution < -0.4 is 10.2 Å². The number of benzene rings is 2. The van der Waals surface area contributed by atoms with Crippen molar-refractivity contribution >= 4 is 22.1 Å². The van der Waals surface area contributed by atoms with E-state index in [0.717, 1.165) is 11.3 Å². The fourth-order valence-electron chi connectivity index (χ4n) is 2.65. The molecule has 1 saturated heterocycles. The van der Waals surface area contributed by atoms with Crippen LogP contribution in [0.5, 0.6) is 5.75 Å². The highest BCUT2D eigenvalue weighted by molar-refractivity contribution is 7.89. The highest BCUT2D eigenvalue weighted by Gasteiger charge is 2.26. The molecule has 0 atom stereocenters. The second-order valence-electron chi connectivity index (χ2n) is 6.02. The summed E-state index contributed by atoms with van der Waals surface area (Å²) in [5.41, 5.74) is 3.40. The number of amides is 1. The zero-order chi connectivity index (χ0) is 20.0. The molecule has 148 valence electrons. The first-order valence-corrected chi connectivity index (χ1v) is 10.1. The summed E-state index contributed by atoms with van der Waals surface area (Å²) in [6, 6.07) is 13.1. The summed E-state index contributed by atoms with van der Waals surface area (Å²) in [6.07, 6.45) is 1.49. The quantitative estimate of drug-likeness (QED) is 0.582. The van der Waals surface area contributed by atoms with E-state index in [0.29, 0.717) is 26.3 Å². The smallest absolute Gasteiger partial charge is 0.271 e. The Balaban J connectivity index is 1.68. The van der Waals surface area contributed by atoms with E-state index >= 15 is 0 Å². The van der Waals surface area contributed by atoms with Crippen LogP contribution in [-0.2, 0) is 14.8 Å². The van der Waals surface area contributed by atoms with Crippen molar-refractivity contribution in [2.45, 2.75) is 4.90 Å². The number of rotatable bonds is 6. The van der Waals surface area contributed by atoms with Crippen LogP contribution in [0.25, 0.3) is 0 Å². The SMILES string of the molecule is COc1ccc(C=NNC(=O)c2cccc(S(=O)(=O)N3CCOCC3)c2)cc1. The van der Waals surface area contributed by atoms with Crippen LogP contribution >= 0.6 is 0 Å². The predicted molar refractivity (Wildman–Crippen MR) is 104 cm³/mol. The molecule has 0 unspecified atom stereocenters. The molecule has 0 aromatic heterocycles. The second kappa shape index (κ2) is 8.96. The number of carbonyl (C=O) groups is 1. The summed E-state index contributed by atoms with van der Waals surface area (Å²) < 4.78 is 37.1. The molecule has 2 aromatic carbocycles. The Morgan fingerprint density at radius 1 is 1.18 bits per heavy atom. The molecule has 1 heterocycles. The summed E-state index contributed by atoms with van der Waals surface area (Å²) in [7, 11) is -2.09. The average molecular weight is 403 g/mol. The van der Waals surface area contributed by atoms with Crippen molar-refractivity contribution in [3.05, 3.63) is 59.7 Å². The number of morpholine rings is 1. The molecule has 9 heteroatoms. The number of hydrazone groups is 1. The van der Waals surface area contributed by atoms with Gasteiger partial charge in [0, 0.05) is 18.7 Å². The number of nitrogens with zero attached hydrogens (tertiary/aromatic N) is 2. The first-order valence-electron chi connectivity index (χ1n) is 8.66. The highest BCUT2D eigenvalue weighted by Crippen LogP contribution is 2.18. The van der Waals surface area contributed by atoms with Crippen LogP contribution in [0.15, 0.2) is 58.5 Å². The van der Waals surface area contributed by atoms with Crippen molar-refractivity contribution in [2.75, 3.05) is 33.4 Å². The molecule has 0 aliphatic carbocycles. The van der Waals surface area contributed by atoms with Gasteiger partial charge in [-0.3, -0.25) is 4.79 Å². The molecule has 1 fully saturated rings. The second-order valence-corrected chi connectivity index (χ2v) is 7.95. The number of methoxy groups -OCH3 is 1. The van der Waals surface area contributed by atoms with Gasteiger partial charge in [0.05, 0.1) is 31.4 Å². The average Bonchev–Trinajstić information content (AvgIpc) is 2.75. The molecular formula is C19H21N3O5S. The van der Waals surface area contributed by atoms with E-state index < -0.39 is 15.9 Å². The van der Waals surface area contributed by atoms with E-state index in [9.17, 15) is 13.2 Å². The molecule has 1 amide bonds. The van der Waals surface area contributed by atoms with Gasteiger partial charge in [0.15, 0.2) is 0 Å². The van der Waals surface area contributed by atoms with Gasteiger partial charge in [-0.15, -0.1) is 0 Å². The van der Waals surface area contributed by atoms with Gasteiger partial charge in [0.2, 0.25) is 10.0 Å². The molecule has 0 saturated carbocycles. The first-order chi connectivity index (χ1) is 13.5. The Hall–Kier alpha value is -2.75. The van der Waals surface area contributed by atoms with Crippen molar-refractivity contribution in [2.24, 2.45) is 5.10 Å². The summed E-state index contributed by atoms with van der Waals surface area (Å²) >= 11 is 0. The minimum atomic E-state index is -3.67. The molecule has 3 rings (SSSR count). The van der Waals surface area contributed by atoms with Gasteiger partial charge >= 0.3 is 0 Å². The molecular weight excluding hydrogens is 382 g/mol. The third kappa shape index (κ3) is 4.75. The molecule has 0 bridgehead atoms. The van der Waals surface area contributed by atoms with E-state index in [2.05, 4.69) is 10.5 Å². The van der Waals surface area contributed by atoms with Gasteiger partial charge in [-0.05, 0) is 48.0 Å². The van der Waals surface area contributed by atoms with Gasteiger partial charge < -0.3 is 9.47 Å². The highest BCUT2D eigenvalue weighted by atomic mass is 32.2. The lowest BCUT2D eigenvalue weighted by Crippen LogP contribution is -2.40. The maximum absolute atomic E-state index is 12.7. The normalized spacial score (nSPS) is 15.5. The van der Waals surface area contributed by atoms with Gasteiger partial charge in [0.1, 0.15) is 5.75 Å². The number of nitrogens with one attached hydrogen (secondary N) is 1. The fourth-order valence-corrected chi connectivity index (χ4v) is 4.11. The van der Waals surface area contributed by atoms with Crippen LogP contribution in [0, 0.1) is 0 Å². The minimum absolute atomic E-state index is 0.0705. The molecule has 1 N–H and O–H groups in total.